The molecule has 2 heterocycles. The number of carbonyl (C=O) groups is 1. The zero-order valence-electron chi connectivity index (χ0n) is 13.5. The number of ether oxygens (including phenoxy) is 3. The minimum absolute atomic E-state index is 0.0151. The maximum atomic E-state index is 12.2. The maximum absolute atomic E-state index is 12.2. The van der Waals surface area contributed by atoms with E-state index in [0.29, 0.717) is 19.8 Å². The minimum Gasteiger partial charge on any atom is -0.381 e. The van der Waals surface area contributed by atoms with Crippen LogP contribution in [0.3, 0.4) is 0 Å². The first-order chi connectivity index (χ1) is 11.3. The van der Waals surface area contributed by atoms with E-state index in [1.165, 1.54) is 5.56 Å². The Kier molecular flexibility index (Phi) is 5.65. The summed E-state index contributed by atoms with van der Waals surface area (Å²) in [5.41, 5.74) is 1.23. The molecule has 2 aliphatic rings. The summed E-state index contributed by atoms with van der Waals surface area (Å²) in [5, 5.41) is 3.08. The van der Waals surface area contributed by atoms with Gasteiger partial charge in [0.05, 0.1) is 19.6 Å². The Hall–Kier alpha value is -1.43. The molecule has 2 saturated heterocycles. The molecule has 3 rings (SSSR count). The highest BCUT2D eigenvalue weighted by Crippen LogP contribution is 2.34. The molecule has 0 atom stereocenters. The molecule has 0 bridgehead atoms. The fraction of sp³-hybridized carbons (Fsp3) is 0.611. The third-order valence-electron chi connectivity index (χ3n) is 4.71. The van der Waals surface area contributed by atoms with Crippen LogP contribution in [-0.4, -0.2) is 45.2 Å². The fourth-order valence-electron chi connectivity index (χ4n) is 3.27. The van der Waals surface area contributed by atoms with Gasteiger partial charge >= 0.3 is 0 Å². The number of amides is 1. The standard InChI is InChI=1S/C18H25NO4/c20-16(13-17-22-9-4-10-23-17)19-14-18(7-11-21-12-8-18)15-5-2-1-3-6-15/h1-3,5-6,17H,4,7-14H2,(H,19,20). The molecule has 5 heteroatoms. The Balaban J connectivity index is 1.59. The first kappa shape index (κ1) is 16.4. The molecular formula is C18H25NO4. The molecule has 2 aliphatic heterocycles. The Bertz CT molecular complexity index is 493. The normalized spacial score (nSPS) is 21.7. The van der Waals surface area contributed by atoms with Gasteiger partial charge in [0.2, 0.25) is 5.91 Å². The molecule has 1 aromatic carbocycles. The topological polar surface area (TPSA) is 56.8 Å². The molecule has 1 amide bonds. The lowest BCUT2D eigenvalue weighted by Gasteiger charge is -2.38. The summed E-state index contributed by atoms with van der Waals surface area (Å²) in [7, 11) is 0. The third-order valence-corrected chi connectivity index (χ3v) is 4.71. The van der Waals surface area contributed by atoms with Crippen molar-refractivity contribution < 1.29 is 19.0 Å². The van der Waals surface area contributed by atoms with Crippen molar-refractivity contribution in [3.63, 3.8) is 0 Å². The van der Waals surface area contributed by atoms with Gasteiger partial charge < -0.3 is 19.5 Å². The average molecular weight is 319 g/mol. The second-order valence-corrected chi connectivity index (χ2v) is 6.26. The quantitative estimate of drug-likeness (QED) is 0.902. The van der Waals surface area contributed by atoms with E-state index in [1.54, 1.807) is 0 Å². The summed E-state index contributed by atoms with van der Waals surface area (Å²) >= 11 is 0. The lowest BCUT2D eigenvalue weighted by atomic mass is 9.74. The van der Waals surface area contributed by atoms with Gasteiger partial charge in [-0.3, -0.25) is 4.79 Å². The second kappa shape index (κ2) is 7.90. The van der Waals surface area contributed by atoms with Crippen LogP contribution in [0.4, 0.5) is 0 Å². The first-order valence-electron chi connectivity index (χ1n) is 8.42. The van der Waals surface area contributed by atoms with Crippen molar-refractivity contribution in [1.29, 1.82) is 0 Å². The monoisotopic (exact) mass is 319 g/mol. The minimum atomic E-state index is -0.397. The van der Waals surface area contributed by atoms with Gasteiger partial charge in [0.15, 0.2) is 6.29 Å². The Labute approximate surface area is 137 Å². The van der Waals surface area contributed by atoms with Gasteiger partial charge in [0.25, 0.3) is 0 Å². The molecule has 2 fully saturated rings. The van der Waals surface area contributed by atoms with Gasteiger partial charge in [-0.2, -0.15) is 0 Å². The van der Waals surface area contributed by atoms with E-state index in [1.807, 2.05) is 6.07 Å². The maximum Gasteiger partial charge on any atom is 0.225 e. The fourth-order valence-corrected chi connectivity index (χ4v) is 3.27. The highest BCUT2D eigenvalue weighted by Gasteiger charge is 2.35. The number of hydrogen-bond acceptors (Lipinski definition) is 4. The van der Waals surface area contributed by atoms with Crippen molar-refractivity contribution in [3.8, 4) is 0 Å². The largest absolute Gasteiger partial charge is 0.381 e. The molecule has 1 N–H and O–H groups in total. The second-order valence-electron chi connectivity index (χ2n) is 6.26. The van der Waals surface area contributed by atoms with E-state index in [2.05, 4.69) is 29.6 Å². The smallest absolute Gasteiger partial charge is 0.225 e. The predicted octanol–water partition coefficient (Wildman–Crippen LogP) is 2.00. The van der Waals surface area contributed by atoms with Crippen LogP contribution < -0.4 is 5.32 Å². The lowest BCUT2D eigenvalue weighted by Crippen LogP contribution is -2.45. The highest BCUT2D eigenvalue weighted by molar-refractivity contribution is 5.76. The number of carbonyl (C=O) groups excluding carboxylic acids is 1. The molecule has 0 aliphatic carbocycles. The Morgan fingerprint density at radius 2 is 1.78 bits per heavy atom. The molecule has 0 saturated carbocycles. The van der Waals surface area contributed by atoms with Crippen molar-refractivity contribution in [1.82, 2.24) is 5.32 Å². The molecule has 0 radical (unpaired) electrons. The number of benzene rings is 1. The van der Waals surface area contributed by atoms with Crippen LogP contribution in [0.2, 0.25) is 0 Å². The average Bonchev–Trinajstić information content (AvgIpc) is 2.62. The van der Waals surface area contributed by atoms with Gasteiger partial charge in [0, 0.05) is 25.2 Å². The summed E-state index contributed by atoms with van der Waals surface area (Å²) in [4.78, 5) is 12.2. The lowest BCUT2D eigenvalue weighted by molar-refractivity contribution is -0.184. The molecular weight excluding hydrogens is 294 g/mol. The first-order valence-corrected chi connectivity index (χ1v) is 8.42. The van der Waals surface area contributed by atoms with Crippen molar-refractivity contribution in [2.75, 3.05) is 33.0 Å². The van der Waals surface area contributed by atoms with Crippen molar-refractivity contribution in [2.24, 2.45) is 0 Å². The van der Waals surface area contributed by atoms with Crippen LogP contribution in [0.25, 0.3) is 0 Å². The molecule has 0 unspecified atom stereocenters. The molecule has 1 aromatic rings. The van der Waals surface area contributed by atoms with Crippen LogP contribution >= 0.6 is 0 Å². The van der Waals surface area contributed by atoms with E-state index in [4.69, 9.17) is 14.2 Å². The van der Waals surface area contributed by atoms with Crippen LogP contribution in [-0.2, 0) is 24.4 Å². The summed E-state index contributed by atoms with van der Waals surface area (Å²) in [6.45, 7) is 3.44. The van der Waals surface area contributed by atoms with Crippen molar-refractivity contribution >= 4 is 5.91 Å². The Morgan fingerprint density at radius 3 is 2.48 bits per heavy atom. The molecule has 0 aromatic heterocycles. The SMILES string of the molecule is O=C(CC1OCCCO1)NCC1(c2ccccc2)CCOCC1. The summed E-state index contributed by atoms with van der Waals surface area (Å²) in [6, 6.07) is 10.4. The van der Waals surface area contributed by atoms with E-state index in [9.17, 15) is 4.79 Å². The zero-order chi connectivity index (χ0) is 16.0. The summed E-state index contributed by atoms with van der Waals surface area (Å²) in [6.07, 6.45) is 2.61. The van der Waals surface area contributed by atoms with E-state index < -0.39 is 6.29 Å². The van der Waals surface area contributed by atoms with Gasteiger partial charge in [-0.1, -0.05) is 30.3 Å². The number of nitrogens with one attached hydrogen (secondary N) is 1. The molecule has 126 valence electrons. The number of rotatable bonds is 5. The zero-order valence-corrected chi connectivity index (χ0v) is 13.5. The molecule has 0 spiro atoms. The van der Waals surface area contributed by atoms with Gasteiger partial charge in [-0.25, -0.2) is 0 Å². The third kappa shape index (κ3) is 4.31. The van der Waals surface area contributed by atoms with Gasteiger partial charge in [0.1, 0.15) is 0 Å². The summed E-state index contributed by atoms with van der Waals surface area (Å²) < 4.78 is 16.4. The van der Waals surface area contributed by atoms with Crippen LogP contribution in [0.5, 0.6) is 0 Å². The van der Waals surface area contributed by atoms with E-state index in [-0.39, 0.29) is 17.7 Å². The molecule has 5 nitrogen and oxygen atoms in total. The number of hydrogen-bond donors (Lipinski definition) is 1. The van der Waals surface area contributed by atoms with Crippen LogP contribution in [0.15, 0.2) is 30.3 Å². The van der Waals surface area contributed by atoms with Gasteiger partial charge in [-0.05, 0) is 24.8 Å². The highest BCUT2D eigenvalue weighted by atomic mass is 16.7. The Morgan fingerprint density at radius 1 is 1.09 bits per heavy atom. The van der Waals surface area contributed by atoms with Crippen LogP contribution in [0, 0.1) is 0 Å². The van der Waals surface area contributed by atoms with Gasteiger partial charge in [-0.15, -0.1) is 0 Å². The van der Waals surface area contributed by atoms with Crippen LogP contribution in [0.1, 0.15) is 31.2 Å². The molecule has 23 heavy (non-hydrogen) atoms. The van der Waals surface area contributed by atoms with Crippen molar-refractivity contribution in [3.05, 3.63) is 35.9 Å². The van der Waals surface area contributed by atoms with Crippen molar-refractivity contribution in [2.45, 2.75) is 37.4 Å². The summed E-state index contributed by atoms with van der Waals surface area (Å²) in [5.74, 6) is -0.0151. The van der Waals surface area contributed by atoms with E-state index >= 15 is 0 Å². The predicted molar refractivity (Wildman–Crippen MR) is 86.1 cm³/mol. The van der Waals surface area contributed by atoms with E-state index in [0.717, 1.165) is 32.5 Å².